The highest BCUT2D eigenvalue weighted by atomic mass is 35.5. The minimum Gasteiger partial charge on any atom is -0.398 e. The van der Waals surface area contributed by atoms with E-state index in [9.17, 15) is 9.50 Å². The second-order valence-corrected chi connectivity index (χ2v) is 4.10. The number of aliphatic hydroxyl groups excluding tert-OH is 1. The summed E-state index contributed by atoms with van der Waals surface area (Å²) >= 11 is 5.97. The summed E-state index contributed by atoms with van der Waals surface area (Å²) in [5, 5.41) is 10.6. The number of benzene rings is 2. The zero-order valence-corrected chi connectivity index (χ0v) is 9.66. The van der Waals surface area contributed by atoms with Crippen LogP contribution in [0.2, 0.25) is 5.02 Å². The van der Waals surface area contributed by atoms with Crippen molar-refractivity contribution < 1.29 is 9.50 Å². The van der Waals surface area contributed by atoms with Gasteiger partial charge in [-0.3, -0.25) is 0 Å². The number of hydrogen-bond acceptors (Lipinski definition) is 2. The maximum absolute atomic E-state index is 13.1. The molecule has 0 amide bonds. The van der Waals surface area contributed by atoms with Crippen LogP contribution in [0.4, 0.5) is 10.1 Å². The van der Waals surface area contributed by atoms with Crippen LogP contribution >= 0.6 is 11.6 Å². The molecular formula is C13H11ClFNO. The fraction of sp³-hybridized carbons (Fsp3) is 0.0769. The van der Waals surface area contributed by atoms with Crippen LogP contribution in [0.3, 0.4) is 0 Å². The highest BCUT2D eigenvalue weighted by Gasteiger charge is 2.16. The van der Waals surface area contributed by atoms with Crippen LogP contribution in [0.1, 0.15) is 17.2 Å². The molecule has 0 unspecified atom stereocenters. The lowest BCUT2D eigenvalue weighted by atomic mass is 10.00. The first-order valence-corrected chi connectivity index (χ1v) is 5.45. The first-order chi connectivity index (χ1) is 8.09. The maximum Gasteiger partial charge on any atom is 0.123 e. The standard InChI is InChI=1S/C13H11ClFNO/c14-11-4-2-1-3-9(11)13(17)10-7-8(15)5-6-12(10)16/h1-7,13,17H,16H2/t13-/m0/s1. The molecule has 0 aliphatic heterocycles. The molecule has 0 spiro atoms. The Hall–Kier alpha value is -1.58. The molecule has 0 fully saturated rings. The van der Waals surface area contributed by atoms with Crippen LogP contribution in [-0.4, -0.2) is 5.11 Å². The van der Waals surface area contributed by atoms with Crippen molar-refractivity contribution in [1.29, 1.82) is 0 Å². The lowest BCUT2D eigenvalue weighted by Crippen LogP contribution is -2.05. The highest BCUT2D eigenvalue weighted by molar-refractivity contribution is 6.31. The van der Waals surface area contributed by atoms with E-state index >= 15 is 0 Å². The largest absolute Gasteiger partial charge is 0.398 e. The summed E-state index contributed by atoms with van der Waals surface area (Å²) in [6.07, 6.45) is -1.03. The van der Waals surface area contributed by atoms with Gasteiger partial charge >= 0.3 is 0 Å². The number of anilines is 1. The molecule has 0 heterocycles. The highest BCUT2D eigenvalue weighted by Crippen LogP contribution is 2.31. The molecule has 0 saturated heterocycles. The quantitative estimate of drug-likeness (QED) is 0.806. The molecule has 0 bridgehead atoms. The van der Waals surface area contributed by atoms with Gasteiger partial charge in [0.2, 0.25) is 0 Å². The molecule has 0 radical (unpaired) electrons. The number of halogens is 2. The topological polar surface area (TPSA) is 46.2 Å². The van der Waals surface area contributed by atoms with Gasteiger partial charge in [-0.15, -0.1) is 0 Å². The SMILES string of the molecule is Nc1ccc(F)cc1[C@@H](O)c1ccccc1Cl. The second kappa shape index (κ2) is 4.73. The molecule has 2 aromatic carbocycles. The Kier molecular flexibility index (Phi) is 3.31. The van der Waals surface area contributed by atoms with E-state index in [1.54, 1.807) is 24.3 Å². The van der Waals surface area contributed by atoms with E-state index in [2.05, 4.69) is 0 Å². The lowest BCUT2D eigenvalue weighted by molar-refractivity contribution is 0.220. The summed E-state index contributed by atoms with van der Waals surface area (Å²) < 4.78 is 13.1. The second-order valence-electron chi connectivity index (χ2n) is 3.70. The van der Waals surface area contributed by atoms with Crippen LogP contribution in [0.15, 0.2) is 42.5 Å². The number of rotatable bonds is 2. The summed E-state index contributed by atoms with van der Waals surface area (Å²) in [5.41, 5.74) is 6.86. The van der Waals surface area contributed by atoms with Crippen molar-refractivity contribution in [3.8, 4) is 0 Å². The van der Waals surface area contributed by atoms with E-state index in [4.69, 9.17) is 17.3 Å². The molecule has 2 aromatic rings. The predicted molar refractivity (Wildman–Crippen MR) is 66.3 cm³/mol. The van der Waals surface area contributed by atoms with E-state index in [0.29, 0.717) is 21.8 Å². The molecule has 88 valence electrons. The minimum absolute atomic E-state index is 0.318. The third-order valence-corrected chi connectivity index (χ3v) is 2.89. The van der Waals surface area contributed by atoms with Crippen molar-refractivity contribution in [3.05, 3.63) is 64.4 Å². The molecule has 1 atom stereocenters. The Morgan fingerprint density at radius 3 is 2.53 bits per heavy atom. The van der Waals surface area contributed by atoms with Gasteiger partial charge in [0.05, 0.1) is 0 Å². The fourth-order valence-electron chi connectivity index (χ4n) is 1.65. The Balaban J connectivity index is 2.47. The Morgan fingerprint density at radius 1 is 1.12 bits per heavy atom. The van der Waals surface area contributed by atoms with Crippen LogP contribution in [0, 0.1) is 5.82 Å². The first kappa shape index (κ1) is 11.9. The zero-order valence-electron chi connectivity index (χ0n) is 8.90. The lowest BCUT2D eigenvalue weighted by Gasteiger charge is -2.15. The first-order valence-electron chi connectivity index (χ1n) is 5.07. The van der Waals surface area contributed by atoms with Crippen molar-refractivity contribution in [2.75, 3.05) is 5.73 Å². The molecule has 2 rings (SSSR count). The molecule has 4 heteroatoms. The summed E-state index contributed by atoms with van der Waals surface area (Å²) in [6, 6.07) is 10.7. The van der Waals surface area contributed by atoms with E-state index in [0.717, 1.165) is 0 Å². The van der Waals surface area contributed by atoms with Crippen molar-refractivity contribution in [2.24, 2.45) is 0 Å². The van der Waals surface area contributed by atoms with Gasteiger partial charge in [0.25, 0.3) is 0 Å². The fourth-order valence-corrected chi connectivity index (χ4v) is 1.89. The van der Waals surface area contributed by atoms with Crippen LogP contribution in [0.25, 0.3) is 0 Å². The predicted octanol–water partition coefficient (Wildman–Crippen LogP) is 3.14. The number of aliphatic hydroxyl groups is 1. The Bertz CT molecular complexity index is 545. The number of hydrogen-bond donors (Lipinski definition) is 2. The van der Waals surface area contributed by atoms with Gasteiger partial charge in [-0.25, -0.2) is 4.39 Å². The Morgan fingerprint density at radius 2 is 1.82 bits per heavy atom. The minimum atomic E-state index is -1.03. The molecule has 0 aliphatic rings. The van der Waals surface area contributed by atoms with Crippen LogP contribution < -0.4 is 5.73 Å². The van der Waals surface area contributed by atoms with E-state index in [1.807, 2.05) is 0 Å². The third-order valence-electron chi connectivity index (χ3n) is 2.54. The normalized spacial score (nSPS) is 12.4. The Labute approximate surface area is 103 Å². The monoisotopic (exact) mass is 251 g/mol. The van der Waals surface area contributed by atoms with Gasteiger partial charge in [0.15, 0.2) is 0 Å². The van der Waals surface area contributed by atoms with E-state index in [1.165, 1.54) is 18.2 Å². The smallest absolute Gasteiger partial charge is 0.123 e. The van der Waals surface area contributed by atoms with E-state index < -0.39 is 11.9 Å². The van der Waals surface area contributed by atoms with Crippen molar-refractivity contribution in [2.45, 2.75) is 6.10 Å². The molecular weight excluding hydrogens is 241 g/mol. The van der Waals surface area contributed by atoms with Gasteiger partial charge in [0.1, 0.15) is 11.9 Å². The van der Waals surface area contributed by atoms with Gasteiger partial charge in [-0.1, -0.05) is 29.8 Å². The molecule has 0 aromatic heterocycles. The molecule has 17 heavy (non-hydrogen) atoms. The molecule has 0 saturated carbocycles. The van der Waals surface area contributed by atoms with Crippen molar-refractivity contribution in [1.82, 2.24) is 0 Å². The van der Waals surface area contributed by atoms with Gasteiger partial charge < -0.3 is 10.8 Å². The summed E-state index contributed by atoms with van der Waals surface area (Å²) in [7, 11) is 0. The number of nitrogens with two attached hydrogens (primary N) is 1. The number of nitrogen functional groups attached to an aromatic ring is 1. The van der Waals surface area contributed by atoms with Gasteiger partial charge in [0, 0.05) is 21.8 Å². The van der Waals surface area contributed by atoms with Crippen molar-refractivity contribution >= 4 is 17.3 Å². The third kappa shape index (κ3) is 2.40. The molecule has 3 N–H and O–H groups in total. The van der Waals surface area contributed by atoms with Crippen LogP contribution in [-0.2, 0) is 0 Å². The summed E-state index contributed by atoms with van der Waals surface area (Å²) in [5.74, 6) is -0.444. The van der Waals surface area contributed by atoms with Crippen molar-refractivity contribution in [3.63, 3.8) is 0 Å². The molecule has 0 aliphatic carbocycles. The average molecular weight is 252 g/mol. The maximum atomic E-state index is 13.1. The van der Waals surface area contributed by atoms with Gasteiger partial charge in [-0.05, 0) is 24.3 Å². The zero-order chi connectivity index (χ0) is 12.4. The van der Waals surface area contributed by atoms with E-state index in [-0.39, 0.29) is 0 Å². The average Bonchev–Trinajstić information content (AvgIpc) is 2.32. The van der Waals surface area contributed by atoms with Gasteiger partial charge in [-0.2, -0.15) is 0 Å². The summed E-state index contributed by atoms with van der Waals surface area (Å²) in [6.45, 7) is 0. The summed E-state index contributed by atoms with van der Waals surface area (Å²) in [4.78, 5) is 0. The molecule has 2 nitrogen and oxygen atoms in total. The van der Waals surface area contributed by atoms with Crippen LogP contribution in [0.5, 0.6) is 0 Å².